The minimum Gasteiger partial charge on any atom is -0.374 e. The fraction of sp³-hybridized carbons (Fsp3) is 1.00. The third-order valence-corrected chi connectivity index (χ3v) is 5.50. The molecule has 1 N–H and O–H groups in total. The molecule has 0 bridgehead atoms. The normalized spacial score (nSPS) is 40.3. The third-order valence-electron chi connectivity index (χ3n) is 5.50. The van der Waals surface area contributed by atoms with Crippen LogP contribution in [0.1, 0.15) is 51.9 Å². The maximum Gasteiger partial charge on any atom is 0.0827 e. The van der Waals surface area contributed by atoms with Gasteiger partial charge in [0.2, 0.25) is 0 Å². The van der Waals surface area contributed by atoms with Gasteiger partial charge in [0.15, 0.2) is 0 Å². The Morgan fingerprint density at radius 1 is 1.16 bits per heavy atom. The molecule has 19 heavy (non-hydrogen) atoms. The summed E-state index contributed by atoms with van der Waals surface area (Å²) in [5.41, 5.74) is 0. The van der Waals surface area contributed by atoms with Gasteiger partial charge in [0, 0.05) is 25.2 Å². The van der Waals surface area contributed by atoms with Crippen LogP contribution in [0.2, 0.25) is 0 Å². The summed E-state index contributed by atoms with van der Waals surface area (Å²) < 4.78 is 6.05. The molecule has 4 unspecified atom stereocenters. The minimum absolute atomic E-state index is 0.425. The lowest BCUT2D eigenvalue weighted by Gasteiger charge is -2.37. The van der Waals surface area contributed by atoms with Crippen molar-refractivity contribution >= 4 is 0 Å². The van der Waals surface area contributed by atoms with E-state index in [1.54, 1.807) is 0 Å². The van der Waals surface area contributed by atoms with E-state index in [4.69, 9.17) is 4.74 Å². The summed E-state index contributed by atoms with van der Waals surface area (Å²) in [6.07, 6.45) is 10.1. The maximum atomic E-state index is 6.05. The van der Waals surface area contributed by atoms with Gasteiger partial charge in [-0.05, 0) is 38.1 Å². The van der Waals surface area contributed by atoms with E-state index >= 15 is 0 Å². The van der Waals surface area contributed by atoms with Crippen LogP contribution in [0.4, 0.5) is 0 Å². The summed E-state index contributed by atoms with van der Waals surface area (Å²) in [5.74, 6) is 0.900. The Kier molecular flexibility index (Phi) is 4.78. The molecule has 3 fully saturated rings. The molecule has 2 saturated heterocycles. The van der Waals surface area contributed by atoms with Crippen LogP contribution >= 0.6 is 0 Å². The summed E-state index contributed by atoms with van der Waals surface area (Å²) >= 11 is 0. The number of rotatable bonds is 4. The Bertz CT molecular complexity index is 284. The van der Waals surface area contributed by atoms with Crippen molar-refractivity contribution in [3.8, 4) is 0 Å². The summed E-state index contributed by atoms with van der Waals surface area (Å²) in [4.78, 5) is 2.65. The van der Waals surface area contributed by atoms with Crippen molar-refractivity contribution in [3.63, 3.8) is 0 Å². The van der Waals surface area contributed by atoms with Crippen LogP contribution in [0.3, 0.4) is 0 Å². The molecule has 0 aromatic carbocycles. The SMILES string of the molecule is CCC1CCCCC1NCC1CN2CCCC2CO1. The molecule has 2 heterocycles. The van der Waals surface area contributed by atoms with Crippen LogP contribution in [0.25, 0.3) is 0 Å². The number of fused-ring (bicyclic) bond motifs is 1. The van der Waals surface area contributed by atoms with Crippen molar-refractivity contribution < 1.29 is 4.74 Å². The highest BCUT2D eigenvalue weighted by Crippen LogP contribution is 2.27. The molecule has 1 saturated carbocycles. The smallest absolute Gasteiger partial charge is 0.0827 e. The summed E-state index contributed by atoms with van der Waals surface area (Å²) in [5, 5.41) is 3.82. The quantitative estimate of drug-likeness (QED) is 0.845. The zero-order valence-electron chi connectivity index (χ0n) is 12.4. The Labute approximate surface area is 118 Å². The molecule has 3 heteroatoms. The Hall–Kier alpha value is -0.120. The molecule has 0 aromatic heterocycles. The number of morpholine rings is 1. The van der Waals surface area contributed by atoms with E-state index in [1.165, 1.54) is 51.5 Å². The van der Waals surface area contributed by atoms with Gasteiger partial charge in [-0.3, -0.25) is 4.90 Å². The molecule has 0 radical (unpaired) electrons. The van der Waals surface area contributed by atoms with E-state index in [9.17, 15) is 0 Å². The number of nitrogens with one attached hydrogen (secondary N) is 1. The van der Waals surface area contributed by atoms with Crippen LogP contribution < -0.4 is 5.32 Å². The number of ether oxygens (including phenoxy) is 1. The van der Waals surface area contributed by atoms with Crippen LogP contribution in [0.5, 0.6) is 0 Å². The summed E-state index contributed by atoms with van der Waals surface area (Å²) in [6.45, 7) is 6.82. The molecular formula is C16H30N2O. The van der Waals surface area contributed by atoms with Gasteiger partial charge in [-0.2, -0.15) is 0 Å². The molecule has 0 amide bonds. The van der Waals surface area contributed by atoms with Crippen LogP contribution in [0.15, 0.2) is 0 Å². The highest BCUT2D eigenvalue weighted by Gasteiger charge is 2.32. The molecule has 0 aromatic rings. The van der Waals surface area contributed by atoms with Crippen LogP contribution in [0, 0.1) is 5.92 Å². The number of hydrogen-bond acceptors (Lipinski definition) is 3. The fourth-order valence-corrected chi connectivity index (χ4v) is 4.26. The second-order valence-corrected chi connectivity index (χ2v) is 6.71. The molecule has 0 spiro atoms. The first-order chi connectivity index (χ1) is 9.36. The van der Waals surface area contributed by atoms with E-state index in [0.717, 1.165) is 37.7 Å². The van der Waals surface area contributed by atoms with E-state index in [-0.39, 0.29) is 0 Å². The standard InChI is InChI=1S/C16H30N2O/c1-2-13-6-3-4-8-16(13)17-10-15-11-18-9-5-7-14(18)12-19-15/h13-17H,2-12H2,1H3. The first-order valence-corrected chi connectivity index (χ1v) is 8.46. The molecule has 2 aliphatic heterocycles. The molecule has 4 atom stereocenters. The van der Waals surface area contributed by atoms with Crippen molar-refractivity contribution in [2.45, 2.75) is 70.1 Å². The lowest BCUT2D eigenvalue weighted by atomic mass is 9.83. The first-order valence-electron chi connectivity index (χ1n) is 8.46. The van der Waals surface area contributed by atoms with E-state index in [0.29, 0.717) is 6.10 Å². The largest absolute Gasteiger partial charge is 0.374 e. The molecule has 3 nitrogen and oxygen atoms in total. The van der Waals surface area contributed by atoms with Gasteiger partial charge in [-0.25, -0.2) is 0 Å². The van der Waals surface area contributed by atoms with Gasteiger partial charge in [-0.1, -0.05) is 26.2 Å². The van der Waals surface area contributed by atoms with E-state index < -0.39 is 0 Å². The lowest BCUT2D eigenvalue weighted by molar-refractivity contribution is -0.0489. The van der Waals surface area contributed by atoms with Gasteiger partial charge >= 0.3 is 0 Å². The average molecular weight is 266 g/mol. The van der Waals surface area contributed by atoms with Gasteiger partial charge < -0.3 is 10.1 Å². The van der Waals surface area contributed by atoms with Crippen molar-refractivity contribution in [1.29, 1.82) is 0 Å². The second kappa shape index (κ2) is 6.55. The predicted molar refractivity (Wildman–Crippen MR) is 78.4 cm³/mol. The molecule has 110 valence electrons. The zero-order valence-corrected chi connectivity index (χ0v) is 12.4. The molecular weight excluding hydrogens is 236 g/mol. The number of hydrogen-bond donors (Lipinski definition) is 1. The average Bonchev–Trinajstić information content (AvgIpc) is 2.93. The monoisotopic (exact) mass is 266 g/mol. The third kappa shape index (κ3) is 3.32. The Balaban J connectivity index is 1.44. The molecule has 1 aliphatic carbocycles. The van der Waals surface area contributed by atoms with Crippen molar-refractivity contribution in [3.05, 3.63) is 0 Å². The summed E-state index contributed by atoms with van der Waals surface area (Å²) in [6, 6.07) is 1.48. The van der Waals surface area contributed by atoms with Gasteiger partial charge in [-0.15, -0.1) is 0 Å². The van der Waals surface area contributed by atoms with Gasteiger partial charge in [0.1, 0.15) is 0 Å². The lowest BCUT2D eigenvalue weighted by Crippen LogP contribution is -2.51. The number of nitrogens with zero attached hydrogens (tertiary/aromatic N) is 1. The van der Waals surface area contributed by atoms with Crippen LogP contribution in [-0.4, -0.2) is 49.3 Å². The van der Waals surface area contributed by atoms with E-state index in [1.807, 2.05) is 0 Å². The first kappa shape index (κ1) is 13.8. The predicted octanol–water partition coefficient (Wildman–Crippen LogP) is 2.41. The molecule has 3 aliphatic rings. The summed E-state index contributed by atoms with van der Waals surface area (Å²) in [7, 11) is 0. The van der Waals surface area contributed by atoms with E-state index in [2.05, 4.69) is 17.1 Å². The highest BCUT2D eigenvalue weighted by atomic mass is 16.5. The Morgan fingerprint density at radius 3 is 2.95 bits per heavy atom. The zero-order chi connectivity index (χ0) is 13.1. The highest BCUT2D eigenvalue weighted by molar-refractivity contribution is 4.87. The fourth-order valence-electron chi connectivity index (χ4n) is 4.26. The second-order valence-electron chi connectivity index (χ2n) is 6.71. The maximum absolute atomic E-state index is 6.05. The minimum atomic E-state index is 0.425. The Morgan fingerprint density at radius 2 is 2.05 bits per heavy atom. The topological polar surface area (TPSA) is 24.5 Å². The van der Waals surface area contributed by atoms with Crippen molar-refractivity contribution in [1.82, 2.24) is 10.2 Å². The van der Waals surface area contributed by atoms with Gasteiger partial charge in [0.05, 0.1) is 12.7 Å². The molecule has 3 rings (SSSR count). The van der Waals surface area contributed by atoms with Crippen LogP contribution in [-0.2, 0) is 4.74 Å². The van der Waals surface area contributed by atoms with Crippen molar-refractivity contribution in [2.75, 3.05) is 26.2 Å². The van der Waals surface area contributed by atoms with Gasteiger partial charge in [0.25, 0.3) is 0 Å². The van der Waals surface area contributed by atoms with Crippen molar-refractivity contribution in [2.24, 2.45) is 5.92 Å².